The highest BCUT2D eigenvalue weighted by molar-refractivity contribution is 6.42. The minimum absolute atomic E-state index is 0.0264. The molecule has 0 fully saturated rings. The zero-order valence-corrected chi connectivity index (χ0v) is 11.9. The van der Waals surface area contributed by atoms with E-state index in [1.807, 2.05) is 0 Å². The molecule has 0 saturated carbocycles. The highest BCUT2D eigenvalue weighted by Gasteiger charge is 2.10. The van der Waals surface area contributed by atoms with Gasteiger partial charge in [0.1, 0.15) is 25.1 Å². The van der Waals surface area contributed by atoms with E-state index in [0.717, 1.165) is 0 Å². The van der Waals surface area contributed by atoms with Gasteiger partial charge in [0, 0.05) is 11.6 Å². The number of benzene rings is 1. The van der Waals surface area contributed by atoms with Crippen molar-refractivity contribution in [3.05, 3.63) is 40.4 Å². The van der Waals surface area contributed by atoms with Crippen LogP contribution in [0.4, 0.5) is 0 Å². The molecule has 0 bridgehead atoms. The van der Waals surface area contributed by atoms with Crippen molar-refractivity contribution in [3.63, 3.8) is 0 Å². The first-order chi connectivity index (χ1) is 8.90. The summed E-state index contributed by atoms with van der Waals surface area (Å²) in [5, 5.41) is 10.4. The molecule has 4 nitrogen and oxygen atoms in total. The topological polar surface area (TPSA) is 55.8 Å². The fourth-order valence-corrected chi connectivity index (χ4v) is 1.39. The molecule has 1 atom stereocenters. The second-order valence-corrected chi connectivity index (χ2v) is 4.73. The van der Waals surface area contributed by atoms with Crippen molar-refractivity contribution in [3.8, 4) is 5.75 Å². The van der Waals surface area contributed by atoms with Gasteiger partial charge in [-0.1, -0.05) is 29.8 Å². The first-order valence-corrected chi connectivity index (χ1v) is 6.24. The molecule has 0 aliphatic heterocycles. The monoisotopic (exact) mass is 304 g/mol. The van der Waals surface area contributed by atoms with Crippen LogP contribution < -0.4 is 4.74 Å². The molecule has 0 heterocycles. The van der Waals surface area contributed by atoms with E-state index in [0.29, 0.717) is 15.8 Å². The Bertz CT molecular complexity index is 474. The van der Waals surface area contributed by atoms with E-state index >= 15 is 0 Å². The Morgan fingerprint density at radius 2 is 2.05 bits per heavy atom. The number of aliphatic hydroxyl groups is 1. The molecule has 6 heteroatoms. The summed E-state index contributed by atoms with van der Waals surface area (Å²) in [7, 11) is 0. The summed E-state index contributed by atoms with van der Waals surface area (Å²) < 4.78 is 10.1. The zero-order chi connectivity index (χ0) is 14.4. The second kappa shape index (κ2) is 7.38. The number of carbonyl (C=O) groups excluding carboxylic acids is 1. The molecular weight excluding hydrogens is 291 g/mol. The number of ether oxygens (including phenoxy) is 2. The normalized spacial score (nSPS) is 11.8. The van der Waals surface area contributed by atoms with Crippen LogP contribution in [0.15, 0.2) is 30.4 Å². The van der Waals surface area contributed by atoms with Gasteiger partial charge in [-0.15, -0.1) is 0 Å². The van der Waals surface area contributed by atoms with Crippen LogP contribution in [0.25, 0.3) is 0 Å². The lowest BCUT2D eigenvalue weighted by Crippen LogP contribution is -2.25. The van der Waals surface area contributed by atoms with E-state index in [1.165, 1.54) is 13.0 Å². The third-order valence-electron chi connectivity index (χ3n) is 2.09. The van der Waals surface area contributed by atoms with Gasteiger partial charge in [-0.05, 0) is 19.1 Å². The Balaban J connectivity index is 2.37. The van der Waals surface area contributed by atoms with Crippen molar-refractivity contribution in [2.24, 2.45) is 0 Å². The van der Waals surface area contributed by atoms with E-state index < -0.39 is 12.1 Å². The second-order valence-electron chi connectivity index (χ2n) is 3.92. The first-order valence-electron chi connectivity index (χ1n) is 5.48. The highest BCUT2D eigenvalue weighted by atomic mass is 35.5. The van der Waals surface area contributed by atoms with Crippen molar-refractivity contribution in [2.75, 3.05) is 13.2 Å². The molecule has 0 amide bonds. The van der Waals surface area contributed by atoms with Crippen LogP contribution in [0.3, 0.4) is 0 Å². The number of hydrogen-bond acceptors (Lipinski definition) is 4. The van der Waals surface area contributed by atoms with Gasteiger partial charge < -0.3 is 14.6 Å². The summed E-state index contributed by atoms with van der Waals surface area (Å²) in [5.74, 6) is -0.0757. The van der Waals surface area contributed by atoms with E-state index in [-0.39, 0.29) is 18.8 Å². The molecule has 0 aliphatic rings. The maximum Gasteiger partial charge on any atom is 0.333 e. The van der Waals surface area contributed by atoms with Crippen LogP contribution >= 0.6 is 23.2 Å². The summed E-state index contributed by atoms with van der Waals surface area (Å²) in [6.45, 7) is 4.77. The molecule has 1 N–H and O–H groups in total. The number of halogens is 2. The third-order valence-corrected chi connectivity index (χ3v) is 2.83. The Morgan fingerprint density at radius 3 is 2.63 bits per heavy atom. The Kier molecular flexibility index (Phi) is 6.15. The van der Waals surface area contributed by atoms with Gasteiger partial charge in [0.05, 0.1) is 10.0 Å². The van der Waals surface area contributed by atoms with E-state index in [9.17, 15) is 9.90 Å². The largest absolute Gasteiger partial charge is 0.491 e. The standard InChI is InChI=1S/C13H14Cl2O4/c1-8(2)13(17)19-7-9(16)6-18-10-3-4-11(14)12(15)5-10/h3-5,9,16H,1,6-7H2,2H3. The first kappa shape index (κ1) is 15.8. The third kappa shape index (κ3) is 5.51. The van der Waals surface area contributed by atoms with Gasteiger partial charge in [0.2, 0.25) is 0 Å². The molecule has 1 rings (SSSR count). The van der Waals surface area contributed by atoms with E-state index in [4.69, 9.17) is 32.7 Å². The molecule has 104 valence electrons. The molecule has 0 radical (unpaired) electrons. The Labute approximate surface area is 121 Å². The molecule has 0 aliphatic carbocycles. The van der Waals surface area contributed by atoms with Crippen LogP contribution in [0.1, 0.15) is 6.92 Å². The summed E-state index contributed by atoms with van der Waals surface area (Å²) in [6, 6.07) is 4.75. The van der Waals surface area contributed by atoms with Crippen molar-refractivity contribution >= 4 is 29.2 Å². The molecular formula is C13H14Cl2O4. The lowest BCUT2D eigenvalue weighted by Gasteiger charge is -2.13. The zero-order valence-electron chi connectivity index (χ0n) is 10.4. The SMILES string of the molecule is C=C(C)C(=O)OCC(O)COc1ccc(Cl)c(Cl)c1. The molecule has 1 unspecified atom stereocenters. The predicted octanol–water partition coefficient (Wildman–Crippen LogP) is 2.85. The molecule has 1 aromatic rings. The van der Waals surface area contributed by atoms with E-state index in [2.05, 4.69) is 6.58 Å². The van der Waals surface area contributed by atoms with Gasteiger partial charge >= 0.3 is 5.97 Å². The molecule has 19 heavy (non-hydrogen) atoms. The minimum atomic E-state index is -0.933. The van der Waals surface area contributed by atoms with Crippen LogP contribution in [0.2, 0.25) is 10.0 Å². The average molecular weight is 305 g/mol. The Morgan fingerprint density at radius 1 is 1.37 bits per heavy atom. The van der Waals surface area contributed by atoms with Crippen molar-refractivity contribution in [1.29, 1.82) is 0 Å². The number of hydrogen-bond donors (Lipinski definition) is 1. The van der Waals surface area contributed by atoms with Gasteiger partial charge in [-0.3, -0.25) is 0 Å². The van der Waals surface area contributed by atoms with Crippen molar-refractivity contribution < 1.29 is 19.4 Å². The van der Waals surface area contributed by atoms with Crippen molar-refractivity contribution in [1.82, 2.24) is 0 Å². The predicted molar refractivity (Wildman–Crippen MR) is 73.7 cm³/mol. The van der Waals surface area contributed by atoms with Gasteiger partial charge in [-0.25, -0.2) is 4.79 Å². The maximum absolute atomic E-state index is 11.1. The molecule has 0 saturated heterocycles. The van der Waals surface area contributed by atoms with Gasteiger partial charge in [0.25, 0.3) is 0 Å². The number of rotatable bonds is 6. The summed E-state index contributed by atoms with van der Waals surface area (Å²) in [5.41, 5.74) is 0.276. The number of carbonyl (C=O) groups is 1. The lowest BCUT2D eigenvalue weighted by atomic mass is 10.3. The van der Waals surface area contributed by atoms with Crippen LogP contribution in [-0.2, 0) is 9.53 Å². The highest BCUT2D eigenvalue weighted by Crippen LogP contribution is 2.26. The number of esters is 1. The van der Waals surface area contributed by atoms with Crippen molar-refractivity contribution in [2.45, 2.75) is 13.0 Å². The van der Waals surface area contributed by atoms with Crippen LogP contribution in [-0.4, -0.2) is 30.4 Å². The van der Waals surface area contributed by atoms with E-state index in [1.54, 1.807) is 12.1 Å². The summed E-state index contributed by atoms with van der Waals surface area (Å²) in [6.07, 6.45) is -0.933. The molecule has 1 aromatic carbocycles. The minimum Gasteiger partial charge on any atom is -0.491 e. The fourth-order valence-electron chi connectivity index (χ4n) is 1.10. The maximum atomic E-state index is 11.1. The summed E-state index contributed by atoms with van der Waals surface area (Å²) in [4.78, 5) is 11.1. The smallest absolute Gasteiger partial charge is 0.333 e. The van der Waals surface area contributed by atoms with Crippen LogP contribution in [0.5, 0.6) is 5.75 Å². The van der Waals surface area contributed by atoms with Gasteiger partial charge in [-0.2, -0.15) is 0 Å². The lowest BCUT2D eigenvalue weighted by molar-refractivity contribution is -0.142. The summed E-state index contributed by atoms with van der Waals surface area (Å²) >= 11 is 11.6. The quantitative estimate of drug-likeness (QED) is 0.648. The van der Waals surface area contributed by atoms with Crippen LogP contribution in [0, 0.1) is 0 Å². The van der Waals surface area contributed by atoms with Gasteiger partial charge in [0.15, 0.2) is 0 Å². The average Bonchev–Trinajstić information content (AvgIpc) is 2.37. The molecule has 0 aromatic heterocycles. The number of aliphatic hydroxyl groups excluding tert-OH is 1. The Hall–Kier alpha value is -1.23. The fraction of sp³-hybridized carbons (Fsp3) is 0.308. The molecule has 0 spiro atoms.